The molecule has 1 aromatic carbocycles. The minimum atomic E-state index is -0.929. The number of ether oxygens (including phenoxy) is 1. The van der Waals surface area contributed by atoms with Gasteiger partial charge in [-0.1, -0.05) is 0 Å². The number of hydrogen-bond acceptors (Lipinski definition) is 3. The summed E-state index contributed by atoms with van der Waals surface area (Å²) in [6.07, 6.45) is 0. The molecule has 6 heteroatoms. The van der Waals surface area contributed by atoms with Crippen molar-refractivity contribution in [2.24, 2.45) is 0 Å². The number of rotatable bonds is 3. The minimum absolute atomic E-state index is 0.0360. The van der Waals surface area contributed by atoms with Crippen molar-refractivity contribution in [1.29, 1.82) is 0 Å². The van der Waals surface area contributed by atoms with Crippen LogP contribution in [0.3, 0.4) is 0 Å². The second-order valence-corrected chi connectivity index (χ2v) is 5.86. The van der Waals surface area contributed by atoms with Crippen LogP contribution in [0.2, 0.25) is 0 Å². The predicted octanol–water partition coefficient (Wildman–Crippen LogP) is 4.03. The van der Waals surface area contributed by atoms with Crippen LogP contribution >= 0.6 is 27.3 Å². The molecule has 0 aliphatic carbocycles. The fourth-order valence-electron chi connectivity index (χ4n) is 1.44. The minimum Gasteiger partial charge on any atom is -0.497 e. The molecule has 0 aliphatic rings. The van der Waals surface area contributed by atoms with Gasteiger partial charge in [-0.3, -0.25) is 4.79 Å². The van der Waals surface area contributed by atoms with Gasteiger partial charge in [0.15, 0.2) is 0 Å². The maximum Gasteiger partial charge on any atom is 0.208 e. The molecule has 1 aromatic heterocycles. The van der Waals surface area contributed by atoms with E-state index in [1.807, 2.05) is 0 Å². The first kappa shape index (κ1) is 13.2. The molecule has 0 spiro atoms. The van der Waals surface area contributed by atoms with Gasteiger partial charge in [0.2, 0.25) is 5.78 Å². The quantitative estimate of drug-likeness (QED) is 0.793. The molecule has 0 radical (unpaired) electrons. The molecular formula is C12H7BrF2O2S. The lowest BCUT2D eigenvalue weighted by Crippen LogP contribution is -2.06. The zero-order valence-corrected chi connectivity index (χ0v) is 11.6. The third-order valence-corrected chi connectivity index (χ3v) is 3.90. The molecule has 0 unspecified atom stereocenters. The lowest BCUT2D eigenvalue weighted by Gasteiger charge is -2.05. The smallest absolute Gasteiger partial charge is 0.208 e. The summed E-state index contributed by atoms with van der Waals surface area (Å²) >= 11 is 4.31. The van der Waals surface area contributed by atoms with Crippen LogP contribution < -0.4 is 4.74 Å². The Morgan fingerprint density at radius 3 is 2.33 bits per heavy atom. The van der Waals surface area contributed by atoms with Crippen LogP contribution in [0.1, 0.15) is 15.2 Å². The summed E-state index contributed by atoms with van der Waals surface area (Å²) in [6, 6.07) is 5.13. The standard InChI is InChI=1S/C12H7BrF2O2S/c1-17-6-4-7(14)11(8(15)5-6)12(16)9-2-3-10(13)18-9/h2-5H,1H3. The van der Waals surface area contributed by atoms with Crippen LogP contribution in [-0.2, 0) is 0 Å². The fourth-order valence-corrected chi connectivity index (χ4v) is 2.78. The van der Waals surface area contributed by atoms with E-state index in [1.165, 1.54) is 13.2 Å². The number of halogens is 3. The molecule has 2 rings (SSSR count). The van der Waals surface area contributed by atoms with Crippen molar-refractivity contribution in [1.82, 2.24) is 0 Å². The molecular weight excluding hydrogens is 326 g/mol. The molecule has 0 N–H and O–H groups in total. The Morgan fingerprint density at radius 1 is 1.28 bits per heavy atom. The highest BCUT2D eigenvalue weighted by atomic mass is 79.9. The van der Waals surface area contributed by atoms with Gasteiger partial charge >= 0.3 is 0 Å². The maximum atomic E-state index is 13.7. The molecule has 2 aromatic rings. The van der Waals surface area contributed by atoms with E-state index in [-0.39, 0.29) is 10.6 Å². The number of benzene rings is 1. The van der Waals surface area contributed by atoms with Crippen LogP contribution in [0.15, 0.2) is 28.1 Å². The number of thiophene rings is 1. The highest BCUT2D eigenvalue weighted by Gasteiger charge is 2.21. The molecule has 0 fully saturated rings. The summed E-state index contributed by atoms with van der Waals surface area (Å²) < 4.78 is 32.8. The van der Waals surface area contributed by atoms with Crippen LogP contribution in [0.5, 0.6) is 5.75 Å². The molecule has 94 valence electrons. The first-order valence-electron chi connectivity index (χ1n) is 4.86. The second kappa shape index (κ2) is 5.16. The van der Waals surface area contributed by atoms with Crippen molar-refractivity contribution in [3.8, 4) is 5.75 Å². The SMILES string of the molecule is COc1cc(F)c(C(=O)c2ccc(Br)s2)c(F)c1. The Balaban J connectivity index is 2.48. The topological polar surface area (TPSA) is 26.3 Å². The number of carbonyl (C=O) groups is 1. The molecule has 0 bridgehead atoms. The molecule has 0 atom stereocenters. The van der Waals surface area contributed by atoms with Crippen molar-refractivity contribution in [2.75, 3.05) is 7.11 Å². The van der Waals surface area contributed by atoms with E-state index < -0.39 is 23.0 Å². The lowest BCUT2D eigenvalue weighted by atomic mass is 10.1. The van der Waals surface area contributed by atoms with E-state index in [0.29, 0.717) is 0 Å². The van der Waals surface area contributed by atoms with Gasteiger partial charge in [-0.25, -0.2) is 8.78 Å². The van der Waals surface area contributed by atoms with Crippen LogP contribution in [0.25, 0.3) is 0 Å². The summed E-state index contributed by atoms with van der Waals surface area (Å²) in [4.78, 5) is 12.2. The fraction of sp³-hybridized carbons (Fsp3) is 0.0833. The highest BCUT2D eigenvalue weighted by molar-refractivity contribution is 9.11. The van der Waals surface area contributed by atoms with Crippen LogP contribution in [-0.4, -0.2) is 12.9 Å². The van der Waals surface area contributed by atoms with E-state index in [9.17, 15) is 13.6 Å². The zero-order chi connectivity index (χ0) is 13.3. The van der Waals surface area contributed by atoms with Crippen molar-refractivity contribution in [3.63, 3.8) is 0 Å². The summed E-state index contributed by atoms with van der Waals surface area (Å²) in [5.41, 5.74) is -0.565. The van der Waals surface area contributed by atoms with E-state index in [4.69, 9.17) is 4.74 Å². The van der Waals surface area contributed by atoms with Gasteiger partial charge in [-0.2, -0.15) is 0 Å². The number of carbonyl (C=O) groups excluding carboxylic acids is 1. The summed E-state index contributed by atoms with van der Waals surface area (Å²) in [5.74, 6) is -2.50. The van der Waals surface area contributed by atoms with Gasteiger partial charge in [0.1, 0.15) is 17.4 Å². The first-order chi connectivity index (χ1) is 8.52. The van der Waals surface area contributed by atoms with Gasteiger partial charge in [-0.05, 0) is 28.1 Å². The Morgan fingerprint density at radius 2 is 1.89 bits per heavy atom. The third-order valence-electron chi connectivity index (χ3n) is 2.28. The Bertz CT molecular complexity index is 587. The molecule has 0 saturated carbocycles. The molecule has 18 heavy (non-hydrogen) atoms. The molecule has 0 amide bonds. The normalized spacial score (nSPS) is 10.4. The van der Waals surface area contributed by atoms with Gasteiger partial charge < -0.3 is 4.74 Å². The summed E-state index contributed by atoms with van der Waals surface area (Å²) in [5, 5.41) is 0. The van der Waals surface area contributed by atoms with Gasteiger partial charge in [0.25, 0.3) is 0 Å². The van der Waals surface area contributed by atoms with Crippen molar-refractivity contribution < 1.29 is 18.3 Å². The third kappa shape index (κ3) is 2.44. The zero-order valence-electron chi connectivity index (χ0n) is 9.17. The molecule has 1 heterocycles. The monoisotopic (exact) mass is 332 g/mol. The van der Waals surface area contributed by atoms with Gasteiger partial charge in [0.05, 0.1) is 21.3 Å². The number of hydrogen-bond donors (Lipinski definition) is 0. The molecule has 2 nitrogen and oxygen atoms in total. The average Bonchev–Trinajstić information content (AvgIpc) is 2.74. The Hall–Kier alpha value is -1.27. The highest BCUT2D eigenvalue weighted by Crippen LogP contribution is 2.28. The molecule has 0 aliphatic heterocycles. The predicted molar refractivity (Wildman–Crippen MR) is 68.4 cm³/mol. The molecule has 0 saturated heterocycles. The van der Waals surface area contributed by atoms with Crippen molar-refractivity contribution in [3.05, 3.63) is 50.1 Å². The largest absolute Gasteiger partial charge is 0.497 e. The second-order valence-electron chi connectivity index (χ2n) is 3.40. The van der Waals surface area contributed by atoms with Crippen LogP contribution in [0, 0.1) is 11.6 Å². The summed E-state index contributed by atoms with van der Waals surface area (Å²) in [7, 11) is 1.30. The Labute approximate surface area is 114 Å². The van der Waals surface area contributed by atoms with Gasteiger partial charge in [-0.15, -0.1) is 11.3 Å². The van der Waals surface area contributed by atoms with E-state index in [0.717, 1.165) is 27.3 Å². The van der Waals surface area contributed by atoms with Crippen molar-refractivity contribution >= 4 is 33.0 Å². The van der Waals surface area contributed by atoms with E-state index >= 15 is 0 Å². The average molecular weight is 333 g/mol. The number of ketones is 1. The van der Waals surface area contributed by atoms with E-state index in [2.05, 4.69) is 15.9 Å². The van der Waals surface area contributed by atoms with Gasteiger partial charge in [0, 0.05) is 12.1 Å². The summed E-state index contributed by atoms with van der Waals surface area (Å²) in [6.45, 7) is 0. The van der Waals surface area contributed by atoms with Crippen LogP contribution in [0.4, 0.5) is 8.78 Å². The van der Waals surface area contributed by atoms with Crippen molar-refractivity contribution in [2.45, 2.75) is 0 Å². The van der Waals surface area contributed by atoms with E-state index in [1.54, 1.807) is 6.07 Å². The first-order valence-corrected chi connectivity index (χ1v) is 6.47. The Kier molecular flexibility index (Phi) is 3.77. The maximum absolute atomic E-state index is 13.7. The number of methoxy groups -OCH3 is 1. The lowest BCUT2D eigenvalue weighted by molar-refractivity contribution is 0.103.